The Morgan fingerprint density at radius 1 is 1.23 bits per heavy atom. The van der Waals surface area contributed by atoms with Gasteiger partial charge in [-0.15, -0.1) is 0 Å². The summed E-state index contributed by atoms with van der Waals surface area (Å²) in [5, 5.41) is 12.0. The van der Waals surface area contributed by atoms with E-state index < -0.39 is 5.60 Å². The van der Waals surface area contributed by atoms with E-state index in [-0.39, 0.29) is 23.8 Å². The third kappa shape index (κ3) is 3.53. The summed E-state index contributed by atoms with van der Waals surface area (Å²) < 4.78 is 16.7. The van der Waals surface area contributed by atoms with Gasteiger partial charge < -0.3 is 23.9 Å². The zero-order valence-electron chi connectivity index (χ0n) is 17.8. The Kier molecular flexibility index (Phi) is 5.69. The minimum atomic E-state index is -1.15. The number of aryl methyl sites for hydroxylation is 1. The van der Waals surface area contributed by atoms with Crippen LogP contribution in [0.5, 0.6) is 11.9 Å². The molecule has 1 aliphatic carbocycles. The van der Waals surface area contributed by atoms with Crippen LogP contribution in [0.3, 0.4) is 0 Å². The number of piperidine rings is 1. The number of nitrogens with zero attached hydrogens (tertiary/aromatic N) is 3. The lowest BCUT2D eigenvalue weighted by Gasteiger charge is -2.53. The molecule has 0 unspecified atom stereocenters. The van der Waals surface area contributed by atoms with E-state index in [0.29, 0.717) is 49.3 Å². The molecule has 3 heterocycles. The van der Waals surface area contributed by atoms with Gasteiger partial charge in [-0.3, -0.25) is 4.79 Å². The van der Waals surface area contributed by atoms with Crippen molar-refractivity contribution in [2.45, 2.75) is 45.6 Å². The molecule has 1 aliphatic heterocycles. The van der Waals surface area contributed by atoms with Crippen molar-refractivity contribution in [1.82, 2.24) is 14.9 Å². The third-order valence-corrected chi connectivity index (χ3v) is 6.19. The zero-order valence-corrected chi connectivity index (χ0v) is 17.8. The van der Waals surface area contributed by atoms with Gasteiger partial charge in [0.25, 0.3) is 5.91 Å². The van der Waals surface area contributed by atoms with Crippen molar-refractivity contribution < 1.29 is 23.8 Å². The van der Waals surface area contributed by atoms with Gasteiger partial charge in [-0.25, -0.2) is 4.98 Å². The van der Waals surface area contributed by atoms with Crippen molar-refractivity contribution in [3.63, 3.8) is 0 Å². The topological polar surface area (TPSA) is 97.9 Å². The Morgan fingerprint density at radius 3 is 2.53 bits per heavy atom. The normalized spacial score (nSPS) is 25.8. The highest BCUT2D eigenvalue weighted by Gasteiger charge is 2.54. The van der Waals surface area contributed by atoms with Crippen molar-refractivity contribution in [2.24, 2.45) is 11.8 Å². The molecule has 4 rings (SSSR count). The van der Waals surface area contributed by atoms with Crippen molar-refractivity contribution in [3.05, 3.63) is 35.4 Å². The summed E-state index contributed by atoms with van der Waals surface area (Å²) in [6.45, 7) is 7.33. The molecule has 2 fully saturated rings. The van der Waals surface area contributed by atoms with Crippen LogP contribution in [0.1, 0.15) is 55.0 Å². The first-order valence-electron chi connectivity index (χ1n) is 10.7. The van der Waals surface area contributed by atoms with E-state index in [1.807, 2.05) is 20.8 Å². The average Bonchev–Trinajstić information content (AvgIpc) is 3.14. The lowest BCUT2D eigenvalue weighted by molar-refractivity contribution is -0.141. The first-order chi connectivity index (χ1) is 14.5. The maximum absolute atomic E-state index is 13.0. The number of amides is 1. The molecule has 0 aromatic carbocycles. The van der Waals surface area contributed by atoms with E-state index in [9.17, 15) is 9.90 Å². The summed E-state index contributed by atoms with van der Waals surface area (Å²) in [6, 6.07) is 3.74. The molecule has 2 aromatic heterocycles. The van der Waals surface area contributed by atoms with E-state index in [2.05, 4.69) is 9.97 Å². The molecular weight excluding hydrogens is 386 g/mol. The van der Waals surface area contributed by atoms with Gasteiger partial charge in [0.05, 0.1) is 18.8 Å². The van der Waals surface area contributed by atoms with Gasteiger partial charge >= 0.3 is 6.01 Å². The molecule has 1 saturated carbocycles. The molecule has 2 aromatic rings. The van der Waals surface area contributed by atoms with Crippen LogP contribution in [-0.2, 0) is 5.60 Å². The third-order valence-electron chi connectivity index (χ3n) is 6.19. The highest BCUT2D eigenvalue weighted by atomic mass is 16.5. The molecule has 30 heavy (non-hydrogen) atoms. The summed E-state index contributed by atoms with van der Waals surface area (Å²) >= 11 is 0. The van der Waals surface area contributed by atoms with Crippen LogP contribution >= 0.6 is 0 Å². The van der Waals surface area contributed by atoms with Gasteiger partial charge in [0.1, 0.15) is 11.4 Å². The number of likely N-dealkylation sites (tertiary alicyclic amines) is 1. The lowest BCUT2D eigenvalue weighted by Crippen LogP contribution is -2.59. The zero-order chi connectivity index (χ0) is 21.3. The van der Waals surface area contributed by atoms with Gasteiger partial charge in [-0.05, 0) is 45.7 Å². The fourth-order valence-corrected chi connectivity index (χ4v) is 4.83. The fourth-order valence-electron chi connectivity index (χ4n) is 4.83. The number of ether oxygens (including phenoxy) is 2. The summed E-state index contributed by atoms with van der Waals surface area (Å²) in [4.78, 5) is 23.5. The number of hydrogen-bond donors (Lipinski definition) is 1. The maximum Gasteiger partial charge on any atom is 0.319 e. The Hall–Kier alpha value is -2.61. The average molecular weight is 415 g/mol. The van der Waals surface area contributed by atoms with E-state index in [0.717, 1.165) is 19.3 Å². The first kappa shape index (κ1) is 20.7. The molecule has 162 valence electrons. The molecular formula is C22H29N3O5. The quantitative estimate of drug-likeness (QED) is 0.774. The van der Waals surface area contributed by atoms with Crippen LogP contribution in [0.4, 0.5) is 0 Å². The number of rotatable bonds is 6. The Balaban J connectivity index is 1.65. The Labute approximate surface area is 176 Å². The van der Waals surface area contributed by atoms with Gasteiger partial charge in [-0.1, -0.05) is 6.42 Å². The minimum absolute atomic E-state index is 0.130. The molecule has 0 spiro atoms. The number of aliphatic hydroxyl groups is 1. The molecule has 2 bridgehead atoms. The smallest absolute Gasteiger partial charge is 0.319 e. The molecule has 1 amide bonds. The molecule has 8 nitrogen and oxygen atoms in total. The number of carbonyl (C=O) groups is 1. The van der Waals surface area contributed by atoms with Gasteiger partial charge in [-0.2, -0.15) is 4.98 Å². The molecule has 2 aliphatic rings. The predicted molar refractivity (Wildman–Crippen MR) is 108 cm³/mol. The van der Waals surface area contributed by atoms with Crippen molar-refractivity contribution in [2.75, 3.05) is 26.3 Å². The highest BCUT2D eigenvalue weighted by molar-refractivity contribution is 5.91. The van der Waals surface area contributed by atoms with E-state index in [1.54, 1.807) is 23.2 Å². The van der Waals surface area contributed by atoms with E-state index >= 15 is 0 Å². The van der Waals surface area contributed by atoms with Crippen molar-refractivity contribution in [3.8, 4) is 11.9 Å². The van der Waals surface area contributed by atoms with Gasteiger partial charge in [0.15, 0.2) is 5.76 Å². The molecule has 8 heteroatoms. The fraction of sp³-hybridized carbons (Fsp3) is 0.591. The first-order valence-corrected chi connectivity index (χ1v) is 10.7. The Morgan fingerprint density at radius 2 is 1.93 bits per heavy atom. The second kappa shape index (κ2) is 8.26. The second-order valence-electron chi connectivity index (χ2n) is 8.01. The van der Waals surface area contributed by atoms with Crippen LogP contribution in [0.25, 0.3) is 0 Å². The van der Waals surface area contributed by atoms with E-state index in [1.165, 1.54) is 0 Å². The molecule has 1 saturated heterocycles. The van der Waals surface area contributed by atoms with Crippen molar-refractivity contribution in [1.29, 1.82) is 0 Å². The molecule has 2 atom stereocenters. The predicted octanol–water partition coefficient (Wildman–Crippen LogP) is 2.94. The minimum Gasteiger partial charge on any atom is -0.478 e. The van der Waals surface area contributed by atoms with Crippen LogP contribution < -0.4 is 9.47 Å². The van der Waals surface area contributed by atoms with Gasteiger partial charge in [0, 0.05) is 31.1 Å². The lowest BCUT2D eigenvalue weighted by atomic mass is 9.63. The largest absolute Gasteiger partial charge is 0.478 e. The number of carbonyl (C=O) groups excluding carboxylic acids is 1. The summed E-state index contributed by atoms with van der Waals surface area (Å²) in [6.07, 6.45) is 4.27. The van der Waals surface area contributed by atoms with Gasteiger partial charge in [0.2, 0.25) is 5.88 Å². The SMILES string of the molecule is CCOc1ncc(C2(O)[C@H]3CCC[C@H]2CN(C(=O)c2ccc(C)o2)C3)c(OCC)n1. The monoisotopic (exact) mass is 415 g/mol. The van der Waals surface area contributed by atoms with Crippen LogP contribution in [0.15, 0.2) is 22.7 Å². The summed E-state index contributed by atoms with van der Waals surface area (Å²) in [5.41, 5.74) is -0.563. The number of hydrogen-bond acceptors (Lipinski definition) is 7. The molecule has 1 N–H and O–H groups in total. The molecule has 0 radical (unpaired) electrons. The van der Waals surface area contributed by atoms with Crippen molar-refractivity contribution >= 4 is 5.91 Å². The number of furan rings is 1. The standard InChI is InChI=1S/C22H29N3O5/c1-4-28-19-17(11-23-21(24-19)29-5-2)22(27)15-7-6-8-16(22)13-25(12-15)20(26)18-10-9-14(3)30-18/h9-11,15-16,27H,4-8,12-13H2,1-3H3/t15-,16-/m0/s1. The number of aromatic nitrogens is 2. The second-order valence-corrected chi connectivity index (χ2v) is 8.01. The van der Waals surface area contributed by atoms with Crippen LogP contribution in [-0.4, -0.2) is 52.2 Å². The van der Waals surface area contributed by atoms with Crippen LogP contribution in [0.2, 0.25) is 0 Å². The number of fused-ring (bicyclic) bond motifs is 2. The highest BCUT2D eigenvalue weighted by Crippen LogP contribution is 2.51. The van der Waals surface area contributed by atoms with Crippen LogP contribution in [0, 0.1) is 18.8 Å². The summed E-state index contributed by atoms with van der Waals surface area (Å²) in [5.74, 6) is 1.01. The maximum atomic E-state index is 13.0. The van der Waals surface area contributed by atoms with E-state index in [4.69, 9.17) is 13.9 Å². The Bertz CT molecular complexity index is 898. The summed E-state index contributed by atoms with van der Waals surface area (Å²) in [7, 11) is 0.